The highest BCUT2D eigenvalue weighted by Gasteiger charge is 2.29. The molecule has 1 aromatic rings. The number of nitrogens with zero attached hydrogens (tertiary/aromatic N) is 1. The standard InChI is InChI=1S/C15H21NO4S/c1-4-12-6-5-9-16(12)15(17)11-7-8-13(20-2)14(10-11)21(3,18)19/h7-8,10,12H,4-6,9H2,1-3H3. The Balaban J connectivity index is 2.39. The van der Waals surface area contributed by atoms with Crippen molar-refractivity contribution < 1.29 is 17.9 Å². The van der Waals surface area contributed by atoms with E-state index in [9.17, 15) is 13.2 Å². The van der Waals surface area contributed by atoms with Gasteiger partial charge in [0.2, 0.25) is 0 Å². The van der Waals surface area contributed by atoms with Crippen molar-refractivity contribution in [2.45, 2.75) is 37.1 Å². The van der Waals surface area contributed by atoms with Crippen LogP contribution in [0.4, 0.5) is 0 Å². The van der Waals surface area contributed by atoms with Gasteiger partial charge in [-0.1, -0.05) is 6.92 Å². The van der Waals surface area contributed by atoms with Gasteiger partial charge in [0.05, 0.1) is 7.11 Å². The summed E-state index contributed by atoms with van der Waals surface area (Å²) in [5.74, 6) is 0.161. The molecule has 6 heteroatoms. The maximum atomic E-state index is 12.6. The van der Waals surface area contributed by atoms with Crippen LogP contribution >= 0.6 is 0 Å². The Morgan fingerprint density at radius 3 is 2.71 bits per heavy atom. The minimum atomic E-state index is -3.44. The number of likely N-dealkylation sites (tertiary alicyclic amines) is 1. The van der Waals surface area contributed by atoms with Crippen LogP contribution in [0.25, 0.3) is 0 Å². The largest absolute Gasteiger partial charge is 0.495 e. The molecule has 2 rings (SSSR count). The molecule has 1 aliphatic rings. The first-order chi connectivity index (χ1) is 9.88. The highest BCUT2D eigenvalue weighted by molar-refractivity contribution is 7.90. The molecule has 1 heterocycles. The molecular weight excluding hydrogens is 290 g/mol. The van der Waals surface area contributed by atoms with Crippen LogP contribution in [0.2, 0.25) is 0 Å². The number of hydrogen-bond acceptors (Lipinski definition) is 4. The van der Waals surface area contributed by atoms with Crippen molar-refractivity contribution in [1.82, 2.24) is 4.90 Å². The van der Waals surface area contributed by atoms with Crippen molar-refractivity contribution in [3.05, 3.63) is 23.8 Å². The van der Waals surface area contributed by atoms with Crippen LogP contribution in [-0.4, -0.2) is 45.2 Å². The van der Waals surface area contributed by atoms with Crippen molar-refractivity contribution in [3.63, 3.8) is 0 Å². The summed E-state index contributed by atoms with van der Waals surface area (Å²) in [6, 6.07) is 4.84. The molecule has 1 aromatic carbocycles. The lowest BCUT2D eigenvalue weighted by Crippen LogP contribution is -2.35. The molecule has 0 aromatic heterocycles. The second-order valence-electron chi connectivity index (χ2n) is 5.34. The second kappa shape index (κ2) is 6.05. The first kappa shape index (κ1) is 15.8. The van der Waals surface area contributed by atoms with Crippen LogP contribution in [-0.2, 0) is 9.84 Å². The highest BCUT2D eigenvalue weighted by atomic mass is 32.2. The highest BCUT2D eigenvalue weighted by Crippen LogP contribution is 2.27. The summed E-state index contributed by atoms with van der Waals surface area (Å²) in [7, 11) is -2.02. The number of ether oxygens (including phenoxy) is 1. The van der Waals surface area contributed by atoms with Gasteiger partial charge < -0.3 is 9.64 Å². The summed E-state index contributed by atoms with van der Waals surface area (Å²) >= 11 is 0. The molecule has 1 saturated heterocycles. The number of carbonyl (C=O) groups is 1. The van der Waals surface area contributed by atoms with Crippen LogP contribution in [0.5, 0.6) is 5.75 Å². The first-order valence-electron chi connectivity index (χ1n) is 7.07. The smallest absolute Gasteiger partial charge is 0.254 e. The lowest BCUT2D eigenvalue weighted by Gasteiger charge is -2.24. The SMILES string of the molecule is CCC1CCCN1C(=O)c1ccc(OC)c(S(C)(=O)=O)c1. The number of hydrogen-bond donors (Lipinski definition) is 0. The normalized spacial score (nSPS) is 18.8. The fourth-order valence-corrected chi connectivity index (χ4v) is 3.65. The van der Waals surface area contributed by atoms with E-state index in [4.69, 9.17) is 4.74 Å². The number of benzene rings is 1. The molecule has 0 radical (unpaired) electrons. The average Bonchev–Trinajstić information content (AvgIpc) is 2.93. The molecule has 116 valence electrons. The van der Waals surface area contributed by atoms with E-state index in [1.807, 2.05) is 4.90 Å². The molecule has 1 atom stereocenters. The molecule has 0 bridgehead atoms. The Morgan fingerprint density at radius 2 is 2.14 bits per heavy atom. The lowest BCUT2D eigenvalue weighted by molar-refractivity contribution is 0.0733. The van der Waals surface area contributed by atoms with E-state index >= 15 is 0 Å². The van der Waals surface area contributed by atoms with E-state index in [0.717, 1.165) is 32.1 Å². The third kappa shape index (κ3) is 3.20. The zero-order valence-corrected chi connectivity index (χ0v) is 13.4. The average molecular weight is 311 g/mol. The van der Waals surface area contributed by atoms with E-state index < -0.39 is 9.84 Å². The number of amides is 1. The maximum absolute atomic E-state index is 12.6. The van der Waals surface area contributed by atoms with E-state index in [1.165, 1.54) is 13.2 Å². The zero-order chi connectivity index (χ0) is 15.6. The number of methoxy groups -OCH3 is 1. The van der Waals surface area contributed by atoms with Gasteiger partial charge in [-0.05, 0) is 37.5 Å². The molecule has 1 unspecified atom stereocenters. The fourth-order valence-electron chi connectivity index (χ4n) is 2.79. The van der Waals surface area contributed by atoms with Crippen molar-refractivity contribution in [1.29, 1.82) is 0 Å². The van der Waals surface area contributed by atoms with E-state index in [1.54, 1.807) is 12.1 Å². The van der Waals surface area contributed by atoms with Crippen LogP contribution in [0.15, 0.2) is 23.1 Å². The van der Waals surface area contributed by atoms with Gasteiger partial charge in [0.1, 0.15) is 10.6 Å². The molecule has 1 fully saturated rings. The van der Waals surface area contributed by atoms with Gasteiger partial charge in [0.15, 0.2) is 9.84 Å². The summed E-state index contributed by atoms with van der Waals surface area (Å²) in [4.78, 5) is 14.5. The quantitative estimate of drug-likeness (QED) is 0.854. The summed E-state index contributed by atoms with van der Waals surface area (Å²) in [5.41, 5.74) is 0.400. The van der Waals surface area contributed by atoms with Crippen LogP contribution in [0, 0.1) is 0 Å². The zero-order valence-electron chi connectivity index (χ0n) is 12.6. The van der Waals surface area contributed by atoms with Gasteiger partial charge in [-0.3, -0.25) is 4.79 Å². The Labute approximate surface area is 125 Å². The number of rotatable bonds is 4. The van der Waals surface area contributed by atoms with Gasteiger partial charge in [-0.25, -0.2) is 8.42 Å². The van der Waals surface area contributed by atoms with E-state index in [-0.39, 0.29) is 22.6 Å². The van der Waals surface area contributed by atoms with E-state index in [0.29, 0.717) is 5.56 Å². The summed E-state index contributed by atoms with van der Waals surface area (Å²) < 4.78 is 28.7. The van der Waals surface area contributed by atoms with Crippen LogP contribution in [0.1, 0.15) is 36.5 Å². The predicted molar refractivity (Wildman–Crippen MR) is 80.5 cm³/mol. The molecule has 1 aliphatic heterocycles. The molecule has 0 spiro atoms. The molecule has 0 N–H and O–H groups in total. The number of sulfone groups is 1. The Hall–Kier alpha value is -1.56. The Kier molecular flexibility index (Phi) is 4.56. The molecule has 21 heavy (non-hydrogen) atoms. The topological polar surface area (TPSA) is 63.7 Å². The van der Waals surface area contributed by atoms with E-state index in [2.05, 4.69) is 6.92 Å². The van der Waals surface area contributed by atoms with Crippen molar-refractivity contribution in [2.24, 2.45) is 0 Å². The first-order valence-corrected chi connectivity index (χ1v) is 8.96. The lowest BCUT2D eigenvalue weighted by atomic mass is 10.1. The van der Waals surface area contributed by atoms with Crippen molar-refractivity contribution in [3.8, 4) is 5.75 Å². The van der Waals surface area contributed by atoms with Gasteiger partial charge in [0, 0.05) is 24.4 Å². The second-order valence-corrected chi connectivity index (χ2v) is 7.32. The third-order valence-corrected chi connectivity index (χ3v) is 5.04. The maximum Gasteiger partial charge on any atom is 0.254 e. The molecule has 1 amide bonds. The Morgan fingerprint density at radius 1 is 1.43 bits per heavy atom. The van der Waals surface area contributed by atoms with Gasteiger partial charge in [-0.2, -0.15) is 0 Å². The fraction of sp³-hybridized carbons (Fsp3) is 0.533. The van der Waals surface area contributed by atoms with Crippen molar-refractivity contribution >= 4 is 15.7 Å². The monoisotopic (exact) mass is 311 g/mol. The van der Waals surface area contributed by atoms with Gasteiger partial charge >= 0.3 is 0 Å². The molecule has 5 nitrogen and oxygen atoms in total. The summed E-state index contributed by atoms with van der Waals surface area (Å²) in [5, 5.41) is 0. The third-order valence-electron chi connectivity index (χ3n) is 3.92. The predicted octanol–water partition coefficient (Wildman–Crippen LogP) is 2.11. The van der Waals surface area contributed by atoms with Gasteiger partial charge in [-0.15, -0.1) is 0 Å². The molecule has 0 saturated carbocycles. The minimum Gasteiger partial charge on any atom is -0.495 e. The minimum absolute atomic E-state index is 0.0584. The van der Waals surface area contributed by atoms with Gasteiger partial charge in [0.25, 0.3) is 5.91 Å². The molecule has 0 aliphatic carbocycles. The Bertz CT molecular complexity index is 639. The summed E-state index contributed by atoms with van der Waals surface area (Å²) in [6.45, 7) is 2.80. The van der Waals surface area contributed by atoms with Crippen LogP contribution < -0.4 is 4.74 Å². The van der Waals surface area contributed by atoms with Crippen LogP contribution in [0.3, 0.4) is 0 Å². The molecular formula is C15H21NO4S. The number of carbonyl (C=O) groups excluding carboxylic acids is 1. The summed E-state index contributed by atoms with van der Waals surface area (Å²) in [6.07, 6.45) is 4.04. The van der Waals surface area contributed by atoms with Crippen molar-refractivity contribution in [2.75, 3.05) is 19.9 Å².